The molecule has 1 aliphatic carbocycles. The van der Waals surface area contributed by atoms with Gasteiger partial charge in [0.2, 0.25) is 0 Å². The molecule has 0 spiro atoms. The summed E-state index contributed by atoms with van der Waals surface area (Å²) in [6.45, 7) is 0. The number of carboxylic acid groups (broad SMARTS) is 2. The van der Waals surface area contributed by atoms with E-state index < -0.39 is 11.9 Å². The van der Waals surface area contributed by atoms with Crippen LogP contribution in [0, 0.1) is 0 Å². The Morgan fingerprint density at radius 3 is 1.68 bits per heavy atom. The Hall–Kier alpha value is -4.18. The Balaban J connectivity index is 2.05. The Morgan fingerprint density at radius 2 is 1.10 bits per heavy atom. The van der Waals surface area contributed by atoms with Gasteiger partial charge in [-0.1, -0.05) is 84.9 Å². The highest BCUT2D eigenvalue weighted by Crippen LogP contribution is 2.50. The summed E-state index contributed by atoms with van der Waals surface area (Å²) in [7, 11) is 0. The van der Waals surface area contributed by atoms with Gasteiger partial charge in [-0.05, 0) is 45.4 Å². The van der Waals surface area contributed by atoms with Gasteiger partial charge in [-0.3, -0.25) is 0 Å². The van der Waals surface area contributed by atoms with Gasteiger partial charge in [0.15, 0.2) is 0 Å². The number of rotatable bonds is 4. The number of hydrogen-bond acceptors (Lipinski definition) is 2. The van der Waals surface area contributed by atoms with Crippen LogP contribution in [0.2, 0.25) is 0 Å². The topological polar surface area (TPSA) is 74.6 Å². The molecular weight excluding hydrogens is 388 g/mol. The largest absolute Gasteiger partial charge is 0.478 e. The van der Waals surface area contributed by atoms with Crippen LogP contribution in [0.3, 0.4) is 0 Å². The van der Waals surface area contributed by atoms with Gasteiger partial charge in [0.1, 0.15) is 0 Å². The lowest BCUT2D eigenvalue weighted by atomic mass is 9.81. The van der Waals surface area contributed by atoms with Crippen molar-refractivity contribution >= 4 is 11.9 Å². The van der Waals surface area contributed by atoms with Crippen molar-refractivity contribution in [1.29, 1.82) is 0 Å². The molecule has 2 N–H and O–H groups in total. The number of hydrogen-bond donors (Lipinski definition) is 2. The quantitative estimate of drug-likeness (QED) is 0.384. The van der Waals surface area contributed by atoms with Crippen molar-refractivity contribution in [2.75, 3.05) is 0 Å². The molecule has 0 atom stereocenters. The molecule has 0 amide bonds. The van der Waals surface area contributed by atoms with E-state index in [2.05, 4.69) is 0 Å². The van der Waals surface area contributed by atoms with Crippen LogP contribution in [0.5, 0.6) is 0 Å². The molecule has 4 aromatic rings. The molecule has 5 rings (SSSR count). The molecule has 31 heavy (non-hydrogen) atoms. The summed E-state index contributed by atoms with van der Waals surface area (Å²) in [5.74, 6) is -2.47. The minimum atomic E-state index is -1.24. The summed E-state index contributed by atoms with van der Waals surface area (Å²) in [6.07, 6.45) is 0.391. The molecule has 150 valence electrons. The molecule has 1 aliphatic rings. The second-order valence-electron chi connectivity index (χ2n) is 7.53. The van der Waals surface area contributed by atoms with E-state index in [0.717, 1.165) is 27.8 Å². The van der Waals surface area contributed by atoms with Crippen LogP contribution in [0.25, 0.3) is 33.4 Å². The fourth-order valence-electron chi connectivity index (χ4n) is 4.62. The second kappa shape index (κ2) is 7.26. The third kappa shape index (κ3) is 2.92. The zero-order chi connectivity index (χ0) is 21.5. The van der Waals surface area contributed by atoms with Crippen LogP contribution in [0.4, 0.5) is 0 Å². The molecule has 4 aromatic carbocycles. The van der Waals surface area contributed by atoms with Crippen molar-refractivity contribution in [2.45, 2.75) is 6.42 Å². The first-order valence-electron chi connectivity index (χ1n) is 9.96. The Labute approximate surface area is 179 Å². The summed E-state index contributed by atoms with van der Waals surface area (Å²) in [5.41, 5.74) is 5.75. The maximum absolute atomic E-state index is 12.5. The molecule has 0 heterocycles. The molecule has 0 radical (unpaired) electrons. The van der Waals surface area contributed by atoms with E-state index in [1.165, 1.54) is 0 Å². The number of benzene rings is 4. The molecule has 0 bridgehead atoms. The Kier molecular flexibility index (Phi) is 4.41. The normalized spacial score (nSPS) is 11.6. The summed E-state index contributed by atoms with van der Waals surface area (Å²) < 4.78 is 0. The van der Waals surface area contributed by atoms with Gasteiger partial charge in [0.05, 0.1) is 11.1 Å². The van der Waals surface area contributed by atoms with E-state index in [1.807, 2.05) is 84.9 Å². The van der Waals surface area contributed by atoms with E-state index in [-0.39, 0.29) is 11.1 Å². The first kappa shape index (κ1) is 18.8. The van der Waals surface area contributed by atoms with Crippen LogP contribution in [0.15, 0.2) is 84.9 Å². The third-order valence-electron chi connectivity index (χ3n) is 5.81. The molecule has 0 aromatic heterocycles. The minimum absolute atomic E-state index is 0.128. The predicted molar refractivity (Wildman–Crippen MR) is 119 cm³/mol. The SMILES string of the molecule is O=C(O)c1c2c(c(-c3ccccc3)c(-c3ccccc3)c1C(=O)O)-c1ccccc1C2. The van der Waals surface area contributed by atoms with Crippen LogP contribution in [0.1, 0.15) is 31.8 Å². The summed E-state index contributed by atoms with van der Waals surface area (Å²) in [5, 5.41) is 20.3. The maximum Gasteiger partial charge on any atom is 0.337 e. The van der Waals surface area contributed by atoms with E-state index >= 15 is 0 Å². The van der Waals surface area contributed by atoms with Crippen molar-refractivity contribution in [1.82, 2.24) is 0 Å². The fraction of sp³-hybridized carbons (Fsp3) is 0.0370. The van der Waals surface area contributed by atoms with Crippen LogP contribution in [-0.2, 0) is 6.42 Å². The summed E-state index contributed by atoms with van der Waals surface area (Å²) >= 11 is 0. The monoisotopic (exact) mass is 406 g/mol. The number of carboxylic acids is 2. The zero-order valence-corrected chi connectivity index (χ0v) is 16.5. The van der Waals surface area contributed by atoms with E-state index in [0.29, 0.717) is 23.1 Å². The van der Waals surface area contributed by atoms with Gasteiger partial charge in [-0.2, -0.15) is 0 Å². The number of aromatic carboxylic acids is 2. The van der Waals surface area contributed by atoms with E-state index in [4.69, 9.17) is 0 Å². The molecular formula is C27H18O4. The molecule has 0 fully saturated rings. The van der Waals surface area contributed by atoms with Gasteiger partial charge in [-0.25, -0.2) is 9.59 Å². The maximum atomic E-state index is 12.5. The first-order chi connectivity index (χ1) is 15.1. The van der Waals surface area contributed by atoms with E-state index in [1.54, 1.807) is 0 Å². The van der Waals surface area contributed by atoms with Gasteiger partial charge in [-0.15, -0.1) is 0 Å². The van der Waals surface area contributed by atoms with E-state index in [9.17, 15) is 19.8 Å². The highest BCUT2D eigenvalue weighted by atomic mass is 16.4. The highest BCUT2D eigenvalue weighted by molar-refractivity contribution is 6.15. The van der Waals surface area contributed by atoms with Crippen LogP contribution in [-0.4, -0.2) is 22.2 Å². The smallest absolute Gasteiger partial charge is 0.337 e. The van der Waals surface area contributed by atoms with Crippen LogP contribution < -0.4 is 0 Å². The Bertz CT molecular complexity index is 1340. The molecule has 0 aliphatic heterocycles. The molecule has 0 unspecified atom stereocenters. The minimum Gasteiger partial charge on any atom is -0.478 e. The first-order valence-corrected chi connectivity index (χ1v) is 9.96. The van der Waals surface area contributed by atoms with Gasteiger partial charge in [0, 0.05) is 5.56 Å². The van der Waals surface area contributed by atoms with Gasteiger partial charge < -0.3 is 10.2 Å². The average molecular weight is 406 g/mol. The molecule has 4 heteroatoms. The summed E-state index contributed by atoms with van der Waals surface area (Å²) in [6, 6.07) is 26.6. The average Bonchev–Trinajstić information content (AvgIpc) is 3.17. The van der Waals surface area contributed by atoms with Crippen molar-refractivity contribution < 1.29 is 19.8 Å². The van der Waals surface area contributed by atoms with Gasteiger partial charge in [0.25, 0.3) is 0 Å². The van der Waals surface area contributed by atoms with Crippen LogP contribution >= 0.6 is 0 Å². The standard InChI is InChI=1S/C27H18O4/c28-26(29)24-20-15-18-13-7-8-14-19(18)23(20)21(16-9-3-1-4-10-16)22(25(24)27(30)31)17-11-5-2-6-12-17/h1-14H,15H2,(H,28,29)(H,30,31). The van der Waals surface area contributed by atoms with Crippen molar-refractivity contribution in [3.8, 4) is 33.4 Å². The number of carbonyl (C=O) groups is 2. The Morgan fingerprint density at radius 1 is 0.581 bits per heavy atom. The predicted octanol–water partition coefficient (Wildman–Crippen LogP) is 5.99. The molecule has 0 saturated carbocycles. The van der Waals surface area contributed by atoms with Crippen molar-refractivity contribution in [3.63, 3.8) is 0 Å². The molecule has 4 nitrogen and oxygen atoms in total. The second-order valence-corrected chi connectivity index (χ2v) is 7.53. The highest BCUT2D eigenvalue weighted by Gasteiger charge is 2.35. The lowest BCUT2D eigenvalue weighted by Gasteiger charge is -2.21. The van der Waals surface area contributed by atoms with Crippen molar-refractivity contribution in [3.05, 3.63) is 107 Å². The fourth-order valence-corrected chi connectivity index (χ4v) is 4.62. The third-order valence-corrected chi connectivity index (χ3v) is 5.81. The number of fused-ring (bicyclic) bond motifs is 3. The zero-order valence-electron chi connectivity index (χ0n) is 16.5. The van der Waals surface area contributed by atoms with Crippen molar-refractivity contribution in [2.24, 2.45) is 0 Å². The lowest BCUT2D eigenvalue weighted by molar-refractivity contribution is 0.0651. The lowest BCUT2D eigenvalue weighted by Crippen LogP contribution is -2.15. The van der Waals surface area contributed by atoms with Gasteiger partial charge >= 0.3 is 11.9 Å². The molecule has 0 saturated heterocycles. The summed E-state index contributed by atoms with van der Waals surface area (Å²) in [4.78, 5) is 24.9.